The van der Waals surface area contributed by atoms with Crippen molar-refractivity contribution in [1.29, 1.82) is 0 Å². The van der Waals surface area contributed by atoms with E-state index in [2.05, 4.69) is 15.2 Å². The van der Waals surface area contributed by atoms with Gasteiger partial charge in [0.25, 0.3) is 11.1 Å². The van der Waals surface area contributed by atoms with Crippen molar-refractivity contribution >= 4 is 17.2 Å². The summed E-state index contributed by atoms with van der Waals surface area (Å²) in [6.07, 6.45) is 0.329. The zero-order chi connectivity index (χ0) is 24.1. The lowest BCUT2D eigenvalue weighted by molar-refractivity contribution is -0.144. The van der Waals surface area contributed by atoms with Crippen molar-refractivity contribution in [3.63, 3.8) is 0 Å². The Morgan fingerprint density at radius 1 is 1.15 bits per heavy atom. The molecule has 0 radical (unpaired) electrons. The minimum absolute atomic E-state index is 0.0219. The van der Waals surface area contributed by atoms with E-state index in [1.807, 2.05) is 0 Å². The van der Waals surface area contributed by atoms with E-state index in [4.69, 9.17) is 4.74 Å². The molecule has 2 heterocycles. The van der Waals surface area contributed by atoms with E-state index in [9.17, 15) is 26.7 Å². The number of nitrogens with zero attached hydrogens (tertiary/aromatic N) is 2. The molecule has 0 bridgehead atoms. The zero-order valence-corrected chi connectivity index (χ0v) is 19.7. The van der Waals surface area contributed by atoms with E-state index >= 15 is 0 Å². The standard InChI is InChI=1S/C22H32F5N3O2S/c1-21(23,24)14-32-20-29-17-8-12-30(13-9-18(17)33-20)11-7-15-2-4-16(5-3-15)28-19(31)6-10-22(25,26)27/h15-16H,2-14H2,1H3,(H,28,31). The van der Waals surface area contributed by atoms with E-state index in [1.54, 1.807) is 0 Å². The molecule has 1 fully saturated rings. The number of hydrogen-bond donors (Lipinski definition) is 1. The molecule has 1 aromatic heterocycles. The molecule has 1 aliphatic carbocycles. The van der Waals surface area contributed by atoms with Crippen LogP contribution in [-0.4, -0.2) is 60.2 Å². The summed E-state index contributed by atoms with van der Waals surface area (Å²) in [6.45, 7) is 2.89. The summed E-state index contributed by atoms with van der Waals surface area (Å²) < 4.78 is 67.8. The molecular formula is C22H32F5N3O2S. The van der Waals surface area contributed by atoms with Gasteiger partial charge in [0, 0.05) is 43.8 Å². The molecule has 5 nitrogen and oxygen atoms in total. The predicted molar refractivity (Wildman–Crippen MR) is 116 cm³/mol. The molecule has 0 aromatic carbocycles. The number of aromatic nitrogens is 1. The Morgan fingerprint density at radius 3 is 2.52 bits per heavy atom. The van der Waals surface area contributed by atoms with Gasteiger partial charge in [-0.1, -0.05) is 11.3 Å². The molecule has 2 aliphatic rings. The molecule has 33 heavy (non-hydrogen) atoms. The van der Waals surface area contributed by atoms with E-state index in [0.29, 0.717) is 11.1 Å². The average Bonchev–Trinajstić information content (AvgIpc) is 3.03. The van der Waals surface area contributed by atoms with Gasteiger partial charge in [0.1, 0.15) is 0 Å². The Labute approximate surface area is 195 Å². The molecule has 0 spiro atoms. The van der Waals surface area contributed by atoms with Crippen LogP contribution in [0.3, 0.4) is 0 Å². The maximum atomic E-state index is 13.0. The van der Waals surface area contributed by atoms with Crippen LogP contribution in [0, 0.1) is 5.92 Å². The van der Waals surface area contributed by atoms with Crippen molar-refractivity contribution in [1.82, 2.24) is 15.2 Å². The highest BCUT2D eigenvalue weighted by molar-refractivity contribution is 7.13. The number of rotatable bonds is 9. The van der Waals surface area contributed by atoms with Crippen LogP contribution in [0.4, 0.5) is 22.0 Å². The number of fused-ring (bicyclic) bond motifs is 1. The fourth-order valence-corrected chi connectivity index (χ4v) is 5.32. The first-order valence-electron chi connectivity index (χ1n) is 11.5. The molecular weight excluding hydrogens is 465 g/mol. The van der Waals surface area contributed by atoms with Crippen LogP contribution >= 0.6 is 11.3 Å². The minimum Gasteiger partial charge on any atom is -0.464 e. The molecule has 1 aliphatic heterocycles. The second kappa shape index (κ2) is 11.3. The fourth-order valence-electron chi connectivity index (χ4n) is 4.38. The smallest absolute Gasteiger partial charge is 0.389 e. The molecule has 11 heteroatoms. The van der Waals surface area contributed by atoms with E-state index in [-0.39, 0.29) is 6.04 Å². The Bertz CT molecular complexity index is 748. The van der Waals surface area contributed by atoms with Crippen molar-refractivity contribution < 1.29 is 31.5 Å². The van der Waals surface area contributed by atoms with Crippen LogP contribution in [0.25, 0.3) is 0 Å². The summed E-state index contributed by atoms with van der Waals surface area (Å²) >= 11 is 1.36. The number of ether oxygens (including phenoxy) is 1. The van der Waals surface area contributed by atoms with Gasteiger partial charge < -0.3 is 15.0 Å². The number of alkyl halides is 5. The van der Waals surface area contributed by atoms with E-state index in [1.165, 1.54) is 11.3 Å². The second-order valence-corrected chi connectivity index (χ2v) is 10.3. The molecule has 1 N–H and O–H groups in total. The van der Waals surface area contributed by atoms with E-state index < -0.39 is 37.5 Å². The van der Waals surface area contributed by atoms with Gasteiger partial charge in [-0.25, -0.2) is 13.8 Å². The minimum atomic E-state index is -4.30. The van der Waals surface area contributed by atoms with Gasteiger partial charge in [0.15, 0.2) is 6.61 Å². The van der Waals surface area contributed by atoms with Crippen molar-refractivity contribution in [3.8, 4) is 5.19 Å². The Kier molecular flexibility index (Phi) is 8.94. The van der Waals surface area contributed by atoms with Gasteiger partial charge in [-0.15, -0.1) is 0 Å². The van der Waals surface area contributed by atoms with Crippen LogP contribution in [0.5, 0.6) is 5.19 Å². The van der Waals surface area contributed by atoms with Gasteiger partial charge in [0.05, 0.1) is 12.1 Å². The summed E-state index contributed by atoms with van der Waals surface area (Å²) in [5, 5.41) is 3.06. The average molecular weight is 498 g/mol. The lowest BCUT2D eigenvalue weighted by Gasteiger charge is -2.30. The molecule has 1 amide bonds. The summed E-state index contributed by atoms with van der Waals surface area (Å²) in [4.78, 5) is 19.6. The van der Waals surface area contributed by atoms with E-state index in [0.717, 1.165) is 82.1 Å². The predicted octanol–water partition coefficient (Wildman–Crippen LogP) is 4.99. The zero-order valence-electron chi connectivity index (χ0n) is 18.9. The van der Waals surface area contributed by atoms with Gasteiger partial charge in [-0.3, -0.25) is 4.79 Å². The molecule has 0 atom stereocenters. The highest BCUT2D eigenvalue weighted by atomic mass is 32.1. The molecule has 1 aromatic rings. The SMILES string of the molecule is CC(F)(F)COc1nc2c(s1)CCN(CCC1CCC(NC(=O)CCC(F)(F)F)CC1)CC2. The number of carbonyl (C=O) groups excluding carboxylic acids is 1. The number of carbonyl (C=O) groups is 1. The lowest BCUT2D eigenvalue weighted by atomic mass is 9.84. The van der Waals surface area contributed by atoms with Crippen molar-refractivity contribution in [2.75, 3.05) is 26.2 Å². The first-order valence-corrected chi connectivity index (χ1v) is 12.4. The molecule has 1 saturated carbocycles. The molecule has 0 unspecified atom stereocenters. The molecule has 188 valence electrons. The van der Waals surface area contributed by atoms with Gasteiger partial charge >= 0.3 is 6.18 Å². The quantitative estimate of drug-likeness (QED) is 0.489. The number of hydrogen-bond acceptors (Lipinski definition) is 5. The third-order valence-electron chi connectivity index (χ3n) is 6.23. The third kappa shape index (κ3) is 9.35. The highest BCUT2D eigenvalue weighted by Crippen LogP contribution is 2.31. The first-order chi connectivity index (χ1) is 15.5. The fraction of sp³-hybridized carbons (Fsp3) is 0.818. The van der Waals surface area contributed by atoms with Crippen LogP contribution in [0.1, 0.15) is 62.4 Å². The normalized spacial score (nSPS) is 22.5. The number of amides is 1. The van der Waals surface area contributed by atoms with Crippen LogP contribution in [-0.2, 0) is 17.6 Å². The summed E-state index contributed by atoms with van der Waals surface area (Å²) in [6, 6.07) is -0.0219. The topological polar surface area (TPSA) is 54.5 Å². The Morgan fingerprint density at radius 2 is 1.85 bits per heavy atom. The largest absolute Gasteiger partial charge is 0.464 e. The van der Waals surface area contributed by atoms with Crippen molar-refractivity contribution in [2.45, 2.75) is 82.9 Å². The Hall–Kier alpha value is -1.49. The van der Waals surface area contributed by atoms with Gasteiger partial charge in [-0.05, 0) is 51.0 Å². The molecule has 3 rings (SSSR count). The first kappa shape index (κ1) is 26.1. The number of halogens is 5. The van der Waals surface area contributed by atoms with Crippen molar-refractivity contribution in [3.05, 3.63) is 10.6 Å². The summed E-state index contributed by atoms with van der Waals surface area (Å²) in [5.74, 6) is -2.84. The Balaban J connectivity index is 1.33. The summed E-state index contributed by atoms with van der Waals surface area (Å²) in [7, 11) is 0. The van der Waals surface area contributed by atoms with Gasteiger partial charge in [0.2, 0.25) is 5.91 Å². The number of nitrogens with one attached hydrogen (secondary N) is 1. The maximum Gasteiger partial charge on any atom is 0.389 e. The third-order valence-corrected chi connectivity index (χ3v) is 7.30. The number of thiazole rings is 1. The van der Waals surface area contributed by atoms with Crippen LogP contribution < -0.4 is 10.1 Å². The second-order valence-electron chi connectivity index (χ2n) is 9.24. The lowest BCUT2D eigenvalue weighted by Crippen LogP contribution is -2.38. The highest BCUT2D eigenvalue weighted by Gasteiger charge is 2.29. The van der Waals surface area contributed by atoms with Crippen LogP contribution in [0.15, 0.2) is 0 Å². The monoisotopic (exact) mass is 497 g/mol. The summed E-state index contributed by atoms with van der Waals surface area (Å²) in [5.41, 5.74) is 0.943. The van der Waals surface area contributed by atoms with Crippen LogP contribution in [0.2, 0.25) is 0 Å². The maximum absolute atomic E-state index is 13.0. The van der Waals surface area contributed by atoms with Crippen molar-refractivity contribution in [2.24, 2.45) is 5.92 Å². The molecule has 0 saturated heterocycles. The van der Waals surface area contributed by atoms with Gasteiger partial charge in [-0.2, -0.15) is 13.2 Å².